The highest BCUT2D eigenvalue weighted by molar-refractivity contribution is 6.19. The van der Waals surface area contributed by atoms with E-state index < -0.39 is 0 Å². The molecule has 96 valence electrons. The molecule has 3 rings (SSSR count). The zero-order chi connectivity index (χ0) is 12.5. The molecule has 0 radical (unpaired) electrons. The fourth-order valence-electron chi connectivity index (χ4n) is 3.23. The lowest BCUT2D eigenvalue weighted by atomic mass is 9.93. The van der Waals surface area contributed by atoms with Gasteiger partial charge in [-0.25, -0.2) is 0 Å². The second-order valence-electron chi connectivity index (χ2n) is 5.48. The van der Waals surface area contributed by atoms with E-state index in [1.807, 2.05) is 0 Å². The lowest BCUT2D eigenvalue weighted by molar-refractivity contribution is -0.137. The van der Waals surface area contributed by atoms with E-state index in [1.54, 1.807) is 0 Å². The first-order chi connectivity index (χ1) is 8.77. The maximum Gasteiger partial charge on any atom is 0.257 e. The topological polar surface area (TPSA) is 37.4 Å². The van der Waals surface area contributed by atoms with Crippen molar-refractivity contribution in [2.75, 3.05) is 6.54 Å². The number of imide groups is 1. The van der Waals surface area contributed by atoms with Crippen molar-refractivity contribution in [1.29, 1.82) is 0 Å². The summed E-state index contributed by atoms with van der Waals surface area (Å²) < 4.78 is 0. The van der Waals surface area contributed by atoms with Crippen molar-refractivity contribution in [2.24, 2.45) is 5.92 Å². The summed E-state index contributed by atoms with van der Waals surface area (Å²) in [5.74, 6) is 0.552. The predicted molar refractivity (Wildman–Crippen MR) is 68.7 cm³/mol. The van der Waals surface area contributed by atoms with Crippen LogP contribution in [0.3, 0.4) is 0 Å². The van der Waals surface area contributed by atoms with Gasteiger partial charge in [-0.1, -0.05) is 12.2 Å². The summed E-state index contributed by atoms with van der Waals surface area (Å²) in [7, 11) is 0. The number of amides is 2. The molecule has 3 nitrogen and oxygen atoms in total. The maximum absolute atomic E-state index is 12.2. The van der Waals surface area contributed by atoms with Gasteiger partial charge >= 0.3 is 0 Å². The quantitative estimate of drug-likeness (QED) is 0.566. The smallest absolute Gasteiger partial charge is 0.257 e. The SMILES string of the molecule is O=C1C2=C(CCCC2)C(=O)N1CCC1C=CCC1. The molecule has 3 heteroatoms. The van der Waals surface area contributed by atoms with Crippen LogP contribution in [0.15, 0.2) is 23.3 Å². The minimum Gasteiger partial charge on any atom is -0.275 e. The number of carbonyl (C=O) groups is 2. The molecule has 1 unspecified atom stereocenters. The van der Waals surface area contributed by atoms with Gasteiger partial charge in [0.1, 0.15) is 0 Å². The highest BCUT2D eigenvalue weighted by Crippen LogP contribution is 2.33. The van der Waals surface area contributed by atoms with Gasteiger partial charge in [0, 0.05) is 17.7 Å². The van der Waals surface area contributed by atoms with Crippen molar-refractivity contribution < 1.29 is 9.59 Å². The summed E-state index contributed by atoms with van der Waals surface area (Å²) in [6, 6.07) is 0. The minimum absolute atomic E-state index is 0.00308. The van der Waals surface area contributed by atoms with Crippen LogP contribution < -0.4 is 0 Å². The first-order valence-corrected chi connectivity index (χ1v) is 7.02. The van der Waals surface area contributed by atoms with Gasteiger partial charge in [-0.3, -0.25) is 14.5 Å². The molecule has 1 heterocycles. The van der Waals surface area contributed by atoms with Crippen LogP contribution in [0.1, 0.15) is 44.9 Å². The van der Waals surface area contributed by atoms with E-state index in [4.69, 9.17) is 0 Å². The van der Waals surface area contributed by atoms with Crippen LogP contribution in [0.25, 0.3) is 0 Å². The van der Waals surface area contributed by atoms with Gasteiger partial charge in [0.25, 0.3) is 11.8 Å². The molecule has 1 aliphatic heterocycles. The number of rotatable bonds is 3. The molecule has 0 spiro atoms. The van der Waals surface area contributed by atoms with E-state index >= 15 is 0 Å². The second kappa shape index (κ2) is 4.71. The van der Waals surface area contributed by atoms with Crippen molar-refractivity contribution in [3.63, 3.8) is 0 Å². The molecule has 0 saturated heterocycles. The molecule has 1 atom stereocenters. The Labute approximate surface area is 108 Å². The van der Waals surface area contributed by atoms with Gasteiger partial charge in [-0.2, -0.15) is 0 Å². The van der Waals surface area contributed by atoms with Gasteiger partial charge in [-0.05, 0) is 50.9 Å². The third kappa shape index (κ3) is 1.92. The van der Waals surface area contributed by atoms with Gasteiger partial charge in [0.2, 0.25) is 0 Å². The molecule has 0 aromatic heterocycles. The monoisotopic (exact) mass is 245 g/mol. The largest absolute Gasteiger partial charge is 0.275 e. The van der Waals surface area contributed by atoms with Gasteiger partial charge in [-0.15, -0.1) is 0 Å². The van der Waals surface area contributed by atoms with Crippen LogP contribution >= 0.6 is 0 Å². The molecular weight excluding hydrogens is 226 g/mol. The maximum atomic E-state index is 12.2. The van der Waals surface area contributed by atoms with Gasteiger partial charge < -0.3 is 0 Å². The fourth-order valence-corrected chi connectivity index (χ4v) is 3.23. The fraction of sp³-hybridized carbons (Fsp3) is 0.600. The van der Waals surface area contributed by atoms with Crippen LogP contribution in [0.4, 0.5) is 0 Å². The third-order valence-corrected chi connectivity index (χ3v) is 4.31. The minimum atomic E-state index is -0.00308. The molecular formula is C15H19NO2. The van der Waals surface area contributed by atoms with Crippen molar-refractivity contribution in [1.82, 2.24) is 4.90 Å². The zero-order valence-corrected chi connectivity index (χ0v) is 10.7. The van der Waals surface area contributed by atoms with Crippen LogP contribution in [0.2, 0.25) is 0 Å². The van der Waals surface area contributed by atoms with Crippen molar-refractivity contribution in [2.45, 2.75) is 44.9 Å². The van der Waals surface area contributed by atoms with E-state index in [1.165, 1.54) is 11.3 Å². The third-order valence-electron chi connectivity index (χ3n) is 4.31. The molecule has 0 N–H and O–H groups in total. The number of carbonyl (C=O) groups excluding carboxylic acids is 2. The van der Waals surface area contributed by atoms with Crippen molar-refractivity contribution in [3.8, 4) is 0 Å². The Morgan fingerprint density at radius 2 is 1.78 bits per heavy atom. The summed E-state index contributed by atoms with van der Waals surface area (Å²) in [6.07, 6.45) is 11.4. The Hall–Kier alpha value is -1.38. The standard InChI is InChI=1S/C15H19NO2/c17-14-12-7-3-4-8-13(12)15(18)16(14)10-9-11-5-1-2-6-11/h1,5,11H,2-4,6-10H2. The first kappa shape index (κ1) is 11.7. The summed E-state index contributed by atoms with van der Waals surface area (Å²) in [4.78, 5) is 25.9. The summed E-state index contributed by atoms with van der Waals surface area (Å²) in [5.41, 5.74) is 1.63. The van der Waals surface area contributed by atoms with Gasteiger partial charge in [0.05, 0.1) is 0 Å². The highest BCUT2D eigenvalue weighted by Gasteiger charge is 2.38. The summed E-state index contributed by atoms with van der Waals surface area (Å²) in [6.45, 7) is 0.597. The number of hydrogen-bond acceptors (Lipinski definition) is 2. The molecule has 3 aliphatic rings. The van der Waals surface area contributed by atoms with E-state index in [-0.39, 0.29) is 11.8 Å². The average Bonchev–Trinajstić information content (AvgIpc) is 2.98. The van der Waals surface area contributed by atoms with Crippen LogP contribution in [-0.2, 0) is 9.59 Å². The highest BCUT2D eigenvalue weighted by atomic mass is 16.2. The van der Waals surface area contributed by atoms with Crippen LogP contribution in [0.5, 0.6) is 0 Å². The Morgan fingerprint density at radius 1 is 1.11 bits per heavy atom. The number of allylic oxidation sites excluding steroid dienone is 2. The predicted octanol–water partition coefficient (Wildman–Crippen LogP) is 2.58. The van der Waals surface area contributed by atoms with E-state index in [0.29, 0.717) is 12.5 Å². The second-order valence-corrected chi connectivity index (χ2v) is 5.48. The zero-order valence-electron chi connectivity index (χ0n) is 10.7. The Balaban J connectivity index is 1.66. The van der Waals surface area contributed by atoms with Crippen LogP contribution in [-0.4, -0.2) is 23.3 Å². The molecule has 0 aromatic carbocycles. The van der Waals surface area contributed by atoms with Crippen LogP contribution in [0, 0.1) is 5.92 Å². The van der Waals surface area contributed by atoms with Gasteiger partial charge in [0.15, 0.2) is 0 Å². The number of hydrogen-bond donors (Lipinski definition) is 0. The molecule has 2 aliphatic carbocycles. The molecule has 0 aromatic rings. The number of nitrogens with zero attached hydrogens (tertiary/aromatic N) is 1. The van der Waals surface area contributed by atoms with E-state index in [9.17, 15) is 9.59 Å². The molecule has 0 bridgehead atoms. The first-order valence-electron chi connectivity index (χ1n) is 7.02. The van der Waals surface area contributed by atoms with Crippen molar-refractivity contribution >= 4 is 11.8 Å². The van der Waals surface area contributed by atoms with E-state index in [2.05, 4.69) is 12.2 Å². The molecule has 0 fully saturated rings. The molecule has 2 amide bonds. The lowest BCUT2D eigenvalue weighted by Gasteiger charge is -2.16. The molecule has 18 heavy (non-hydrogen) atoms. The normalized spacial score (nSPS) is 27.3. The Kier molecular flexibility index (Phi) is 3.06. The molecule has 0 saturated carbocycles. The summed E-state index contributed by atoms with van der Waals surface area (Å²) >= 11 is 0. The van der Waals surface area contributed by atoms with Crippen molar-refractivity contribution in [3.05, 3.63) is 23.3 Å². The average molecular weight is 245 g/mol. The van der Waals surface area contributed by atoms with E-state index in [0.717, 1.165) is 49.7 Å². The summed E-state index contributed by atoms with van der Waals surface area (Å²) in [5, 5.41) is 0. The Morgan fingerprint density at radius 3 is 2.33 bits per heavy atom. The Bertz CT molecular complexity index is 419. The lowest BCUT2D eigenvalue weighted by Crippen LogP contribution is -2.33.